The van der Waals surface area contributed by atoms with Gasteiger partial charge in [-0.25, -0.2) is 0 Å². The second kappa shape index (κ2) is 3.46. The van der Waals surface area contributed by atoms with E-state index in [1.807, 2.05) is 0 Å². The summed E-state index contributed by atoms with van der Waals surface area (Å²) in [5, 5.41) is 0.803. The van der Waals surface area contributed by atoms with Crippen molar-refractivity contribution >= 4 is 34.4 Å². The zero-order valence-corrected chi connectivity index (χ0v) is 4.40. The van der Waals surface area contributed by atoms with Crippen molar-refractivity contribution in [3.8, 4) is 0 Å². The van der Waals surface area contributed by atoms with Gasteiger partial charge >= 0.3 is 5.27 Å². The summed E-state index contributed by atoms with van der Waals surface area (Å²) >= 11 is 2.12. The van der Waals surface area contributed by atoms with Crippen LogP contribution in [0.5, 0.6) is 0 Å². The van der Waals surface area contributed by atoms with Gasteiger partial charge in [0, 0.05) is 0 Å². The molecule has 4 heavy (non-hydrogen) atoms. The second-order valence-corrected chi connectivity index (χ2v) is 1.03. The molecular weight excluding hydrogens is 164 g/mol. The van der Waals surface area contributed by atoms with Gasteiger partial charge in [0.25, 0.3) is 0 Å². The monoisotopic (exact) mass is 167 g/mol. The molecular formula is CH3BIN. The Morgan fingerprint density at radius 2 is 2.25 bits per heavy atom. The Morgan fingerprint density at radius 3 is 2.25 bits per heavy atom. The molecule has 0 rings (SSSR count). The molecule has 0 aliphatic heterocycles. The van der Waals surface area contributed by atoms with Gasteiger partial charge in [0.1, 0.15) is 0 Å². The molecule has 0 aromatic heterocycles. The summed E-state index contributed by atoms with van der Waals surface area (Å²) in [4.78, 5) is 3.47. The standard InChI is InChI=1S/CH3BIN/c1-4-2-3/h2H,1H2. The largest absolute Gasteiger partial charge is 0.347 e. The van der Waals surface area contributed by atoms with Crippen molar-refractivity contribution in [2.75, 3.05) is 0 Å². The first-order valence-corrected chi connectivity index (χ1v) is 2.43. The molecule has 0 aliphatic rings. The van der Waals surface area contributed by atoms with E-state index in [-0.39, 0.29) is 0 Å². The van der Waals surface area contributed by atoms with Crippen molar-refractivity contribution in [2.24, 2.45) is 4.90 Å². The van der Waals surface area contributed by atoms with Gasteiger partial charge in [0.2, 0.25) is 0 Å². The molecule has 0 radical (unpaired) electrons. The summed E-state index contributed by atoms with van der Waals surface area (Å²) in [5.74, 6) is 0. The number of rotatable bonds is 1. The zero-order valence-electron chi connectivity index (χ0n) is 2.24. The summed E-state index contributed by atoms with van der Waals surface area (Å²) < 4.78 is 0. The van der Waals surface area contributed by atoms with Crippen LogP contribution in [0.1, 0.15) is 0 Å². The van der Waals surface area contributed by atoms with Gasteiger partial charge in [0.05, 0.1) is 0 Å². The Bertz CT molecular complexity index is 22.0. The SMILES string of the molecule is C=NBI. The third-order valence-corrected chi connectivity index (χ3v) is 0.567. The fraction of sp³-hybridized carbons (Fsp3) is 0. The topological polar surface area (TPSA) is 12.4 Å². The highest BCUT2D eigenvalue weighted by molar-refractivity contribution is 14.1. The van der Waals surface area contributed by atoms with Crippen LogP contribution in [0.25, 0.3) is 0 Å². The van der Waals surface area contributed by atoms with Crippen LogP contribution in [0.2, 0.25) is 0 Å². The third kappa shape index (κ3) is 2.46. The van der Waals surface area contributed by atoms with Crippen LogP contribution in [-0.4, -0.2) is 12.0 Å². The highest BCUT2D eigenvalue weighted by atomic mass is 127. The first-order valence-electron chi connectivity index (χ1n) is 0.900. The first-order chi connectivity index (χ1) is 1.91. The van der Waals surface area contributed by atoms with Gasteiger partial charge in [-0.15, -0.1) is 22.4 Å². The van der Waals surface area contributed by atoms with E-state index >= 15 is 0 Å². The van der Waals surface area contributed by atoms with E-state index in [1.165, 1.54) is 0 Å². The van der Waals surface area contributed by atoms with Gasteiger partial charge in [-0.2, -0.15) is 0 Å². The van der Waals surface area contributed by atoms with E-state index in [2.05, 4.69) is 34.0 Å². The van der Waals surface area contributed by atoms with Crippen LogP contribution in [0.15, 0.2) is 4.90 Å². The Morgan fingerprint density at radius 1 is 2.00 bits per heavy atom. The summed E-state index contributed by atoms with van der Waals surface area (Å²) in [6.45, 7) is 3.22. The van der Waals surface area contributed by atoms with Crippen molar-refractivity contribution in [3.63, 3.8) is 0 Å². The van der Waals surface area contributed by atoms with Crippen LogP contribution in [0.3, 0.4) is 0 Å². The lowest BCUT2D eigenvalue weighted by Crippen LogP contribution is -1.54. The fourth-order valence-corrected chi connectivity index (χ4v) is 0. The molecule has 0 aromatic rings. The van der Waals surface area contributed by atoms with Gasteiger partial charge in [-0.3, -0.25) is 0 Å². The summed E-state index contributed by atoms with van der Waals surface area (Å²) in [6, 6.07) is 0. The van der Waals surface area contributed by atoms with E-state index in [0.29, 0.717) is 0 Å². The maximum Gasteiger partial charge on any atom is 0.330 e. The van der Waals surface area contributed by atoms with E-state index in [9.17, 15) is 0 Å². The lowest BCUT2D eigenvalue weighted by molar-refractivity contribution is 1.99. The highest BCUT2D eigenvalue weighted by Crippen LogP contribution is 1.68. The van der Waals surface area contributed by atoms with Gasteiger partial charge in [-0.1, -0.05) is 0 Å². The molecule has 0 amide bonds. The molecule has 1 nitrogen and oxygen atoms in total. The molecule has 0 spiro atoms. The lowest BCUT2D eigenvalue weighted by Gasteiger charge is -1.54. The quantitative estimate of drug-likeness (QED) is 0.304. The molecule has 0 N–H and O–H groups in total. The molecule has 0 aliphatic carbocycles. The van der Waals surface area contributed by atoms with E-state index in [4.69, 9.17) is 0 Å². The van der Waals surface area contributed by atoms with Crippen molar-refractivity contribution in [3.05, 3.63) is 0 Å². The Labute approximate surface area is 39.6 Å². The minimum absolute atomic E-state index is 0.803. The van der Waals surface area contributed by atoms with E-state index in [1.54, 1.807) is 0 Å². The molecule has 0 saturated carbocycles. The summed E-state index contributed by atoms with van der Waals surface area (Å²) in [6.07, 6.45) is 0. The highest BCUT2D eigenvalue weighted by Gasteiger charge is 1.56. The molecule has 0 saturated heterocycles. The normalized spacial score (nSPS) is 5.25. The third-order valence-electron chi connectivity index (χ3n) is 0.0845. The van der Waals surface area contributed by atoms with Gasteiger partial charge < -0.3 is 4.90 Å². The van der Waals surface area contributed by atoms with Gasteiger partial charge in [-0.05, 0) is 6.72 Å². The smallest absolute Gasteiger partial charge is 0.330 e. The average Bonchev–Trinajstić information content (AvgIpc) is 1.37. The first kappa shape index (κ1) is 4.46. The van der Waals surface area contributed by atoms with Crippen molar-refractivity contribution in [2.45, 2.75) is 0 Å². The van der Waals surface area contributed by atoms with Crippen LogP contribution in [0.4, 0.5) is 0 Å². The minimum atomic E-state index is 0.803. The maximum absolute atomic E-state index is 3.47. The van der Waals surface area contributed by atoms with E-state index < -0.39 is 0 Å². The molecule has 0 aromatic carbocycles. The molecule has 0 fully saturated rings. The predicted octanol–water partition coefficient (Wildman–Crippen LogP) is 0.389. The minimum Gasteiger partial charge on any atom is -0.347 e. The second-order valence-electron chi connectivity index (χ2n) is 0.343. The Balaban J connectivity index is 2.30. The van der Waals surface area contributed by atoms with Crippen molar-refractivity contribution < 1.29 is 0 Å². The zero-order chi connectivity index (χ0) is 3.41. The van der Waals surface area contributed by atoms with Gasteiger partial charge in [0.15, 0.2) is 0 Å². The molecule has 0 bridgehead atoms. The summed E-state index contributed by atoms with van der Waals surface area (Å²) in [5.41, 5.74) is 0. The summed E-state index contributed by atoms with van der Waals surface area (Å²) in [7, 11) is 0. The lowest BCUT2D eigenvalue weighted by atomic mass is 10.5. The number of hydrogen-bond acceptors (Lipinski definition) is 1. The van der Waals surface area contributed by atoms with Crippen molar-refractivity contribution in [1.29, 1.82) is 0 Å². The van der Waals surface area contributed by atoms with Crippen LogP contribution < -0.4 is 0 Å². The number of halogens is 1. The average molecular weight is 167 g/mol. The molecule has 0 atom stereocenters. The fourth-order valence-electron chi connectivity index (χ4n) is 0. The molecule has 0 heterocycles. The Kier molecular flexibility index (Phi) is 3.87. The Hall–Kier alpha value is 0.465. The van der Waals surface area contributed by atoms with E-state index in [0.717, 1.165) is 5.27 Å². The number of nitrogens with zero attached hydrogens (tertiary/aromatic N) is 1. The maximum atomic E-state index is 3.47. The predicted molar refractivity (Wildman–Crippen MR) is 30.7 cm³/mol. The van der Waals surface area contributed by atoms with Crippen LogP contribution in [-0.2, 0) is 0 Å². The van der Waals surface area contributed by atoms with Crippen molar-refractivity contribution in [1.82, 2.24) is 0 Å². The van der Waals surface area contributed by atoms with Crippen LogP contribution in [0, 0.1) is 0 Å². The molecule has 0 unspecified atom stereocenters. The molecule has 3 heteroatoms. The number of hydrogen-bond donors (Lipinski definition) is 0. The van der Waals surface area contributed by atoms with Crippen LogP contribution >= 0.6 is 22.4 Å². The molecule has 22 valence electrons.